The van der Waals surface area contributed by atoms with Crippen molar-refractivity contribution in [1.82, 2.24) is 0 Å². The third kappa shape index (κ3) is 3.66. The molecule has 24 heavy (non-hydrogen) atoms. The lowest BCUT2D eigenvalue weighted by Crippen LogP contribution is -2.14. The Balaban J connectivity index is 2.62. The lowest BCUT2D eigenvalue weighted by Gasteiger charge is -2.27. The molecule has 1 unspecified atom stereocenters. The molecule has 0 radical (unpaired) electrons. The molecule has 124 valence electrons. The normalized spacial score (nSPS) is 12.7. The number of nitriles is 2. The summed E-state index contributed by atoms with van der Waals surface area (Å²) in [5, 5.41) is 20.7. The van der Waals surface area contributed by atoms with Crippen LogP contribution in [0.15, 0.2) is 42.5 Å². The summed E-state index contributed by atoms with van der Waals surface area (Å²) in [6.07, 6.45) is 0. The van der Waals surface area contributed by atoms with Gasteiger partial charge in [-0.05, 0) is 30.2 Å². The van der Waals surface area contributed by atoms with Crippen LogP contribution in [0.5, 0.6) is 0 Å². The standard InChI is InChI=1S/C18H19N2O3P/c1-3-22-24(21,23-4-2)18(17(12-19)13-20)16-10-9-14-7-5-6-8-15(14)11-16/h5-11,17-18H,3-4H2,1-2H3. The fraction of sp³-hybridized carbons (Fsp3) is 0.333. The Labute approximate surface area is 142 Å². The lowest BCUT2D eigenvalue weighted by atomic mass is 9.98. The molecule has 0 spiro atoms. The van der Waals surface area contributed by atoms with Crippen molar-refractivity contribution in [2.45, 2.75) is 19.5 Å². The van der Waals surface area contributed by atoms with E-state index in [1.165, 1.54) is 0 Å². The van der Waals surface area contributed by atoms with Gasteiger partial charge in [0.15, 0.2) is 5.92 Å². The van der Waals surface area contributed by atoms with Crippen LogP contribution in [-0.2, 0) is 13.6 Å². The molecule has 0 heterocycles. The van der Waals surface area contributed by atoms with Crippen LogP contribution in [0.1, 0.15) is 25.1 Å². The molecule has 0 saturated carbocycles. The number of rotatable bonds is 7. The van der Waals surface area contributed by atoms with E-state index in [0.29, 0.717) is 5.56 Å². The molecule has 2 aromatic rings. The summed E-state index contributed by atoms with van der Waals surface area (Å²) in [5.41, 5.74) is -0.343. The third-order valence-electron chi connectivity index (χ3n) is 3.67. The summed E-state index contributed by atoms with van der Waals surface area (Å²) in [6.45, 7) is 3.75. The van der Waals surface area contributed by atoms with Gasteiger partial charge in [0, 0.05) is 0 Å². The van der Waals surface area contributed by atoms with Crippen LogP contribution in [0, 0.1) is 28.6 Å². The molecule has 0 fully saturated rings. The smallest absolute Gasteiger partial charge is 0.308 e. The summed E-state index contributed by atoms with van der Waals surface area (Å²) in [6, 6.07) is 17.1. The fourth-order valence-corrected chi connectivity index (χ4v) is 4.82. The SMILES string of the molecule is CCOP(=O)(OCC)C(c1ccc2ccccc2c1)C(C#N)C#N. The van der Waals surface area contributed by atoms with E-state index in [9.17, 15) is 15.1 Å². The minimum absolute atomic E-state index is 0.172. The Bertz CT molecular complexity index is 814. The quantitative estimate of drug-likeness (QED) is 0.674. The Kier molecular flexibility index (Phi) is 6.12. The van der Waals surface area contributed by atoms with Crippen LogP contribution in [0.3, 0.4) is 0 Å². The summed E-state index contributed by atoms with van der Waals surface area (Å²) < 4.78 is 24.1. The molecule has 0 N–H and O–H groups in total. The monoisotopic (exact) mass is 342 g/mol. The molecule has 1 atom stereocenters. The van der Waals surface area contributed by atoms with Crippen molar-refractivity contribution < 1.29 is 13.6 Å². The fourth-order valence-electron chi connectivity index (χ4n) is 2.68. The van der Waals surface area contributed by atoms with E-state index >= 15 is 0 Å². The lowest BCUT2D eigenvalue weighted by molar-refractivity contribution is 0.209. The van der Waals surface area contributed by atoms with Crippen molar-refractivity contribution >= 4 is 18.4 Å². The van der Waals surface area contributed by atoms with Crippen molar-refractivity contribution in [3.63, 3.8) is 0 Å². The zero-order valence-electron chi connectivity index (χ0n) is 13.7. The van der Waals surface area contributed by atoms with Gasteiger partial charge in [0.2, 0.25) is 0 Å². The maximum absolute atomic E-state index is 13.3. The predicted molar refractivity (Wildman–Crippen MR) is 92.3 cm³/mol. The van der Waals surface area contributed by atoms with Gasteiger partial charge in [-0.1, -0.05) is 42.5 Å². The zero-order valence-corrected chi connectivity index (χ0v) is 14.6. The van der Waals surface area contributed by atoms with Crippen LogP contribution in [-0.4, -0.2) is 13.2 Å². The molecule has 0 aromatic heterocycles. The Morgan fingerprint density at radius 2 is 1.58 bits per heavy atom. The molecular weight excluding hydrogens is 323 g/mol. The van der Waals surface area contributed by atoms with E-state index < -0.39 is 19.2 Å². The molecular formula is C18H19N2O3P. The van der Waals surface area contributed by atoms with E-state index in [4.69, 9.17) is 9.05 Å². The van der Waals surface area contributed by atoms with Gasteiger partial charge in [0.05, 0.1) is 25.4 Å². The first kappa shape index (κ1) is 18.2. The number of nitrogens with zero attached hydrogens (tertiary/aromatic N) is 2. The first-order chi connectivity index (χ1) is 11.6. The molecule has 2 rings (SSSR count). The second-order valence-electron chi connectivity index (χ2n) is 5.16. The van der Waals surface area contributed by atoms with Crippen LogP contribution < -0.4 is 0 Å². The number of fused-ring (bicyclic) bond motifs is 1. The average Bonchev–Trinajstić information content (AvgIpc) is 2.59. The van der Waals surface area contributed by atoms with Crippen molar-refractivity contribution in [1.29, 1.82) is 10.5 Å². The summed E-state index contributed by atoms with van der Waals surface area (Å²) in [4.78, 5) is 0. The Morgan fingerprint density at radius 3 is 2.12 bits per heavy atom. The minimum Gasteiger partial charge on any atom is -0.308 e. The molecule has 0 saturated heterocycles. The van der Waals surface area contributed by atoms with E-state index in [0.717, 1.165) is 10.8 Å². The molecule has 6 heteroatoms. The Morgan fingerprint density at radius 1 is 1.00 bits per heavy atom. The van der Waals surface area contributed by atoms with Crippen molar-refractivity contribution in [3.8, 4) is 12.1 Å². The average molecular weight is 342 g/mol. The maximum atomic E-state index is 13.3. The van der Waals surface area contributed by atoms with Gasteiger partial charge in [-0.2, -0.15) is 10.5 Å². The molecule has 0 aliphatic heterocycles. The highest BCUT2D eigenvalue weighted by molar-refractivity contribution is 7.54. The summed E-state index contributed by atoms with van der Waals surface area (Å²) in [5.74, 6) is -1.13. The third-order valence-corrected chi connectivity index (χ3v) is 6.18. The van der Waals surface area contributed by atoms with Gasteiger partial charge in [-0.3, -0.25) is 4.57 Å². The number of benzene rings is 2. The molecule has 0 aliphatic rings. The maximum Gasteiger partial charge on any atom is 0.340 e. The van der Waals surface area contributed by atoms with Gasteiger partial charge in [0.25, 0.3) is 0 Å². The van der Waals surface area contributed by atoms with E-state index in [-0.39, 0.29) is 13.2 Å². The summed E-state index contributed by atoms with van der Waals surface area (Å²) >= 11 is 0. The number of hydrogen-bond acceptors (Lipinski definition) is 5. The molecule has 0 amide bonds. The highest BCUT2D eigenvalue weighted by Crippen LogP contribution is 2.63. The van der Waals surface area contributed by atoms with Crippen LogP contribution in [0.25, 0.3) is 10.8 Å². The van der Waals surface area contributed by atoms with Gasteiger partial charge < -0.3 is 9.05 Å². The Hall–Kier alpha value is -2.17. The van der Waals surface area contributed by atoms with Crippen molar-refractivity contribution in [3.05, 3.63) is 48.0 Å². The second-order valence-corrected chi connectivity index (χ2v) is 7.32. The number of hydrogen-bond donors (Lipinski definition) is 0. The van der Waals surface area contributed by atoms with Crippen LogP contribution >= 0.6 is 7.60 Å². The second kappa shape index (κ2) is 8.08. The van der Waals surface area contributed by atoms with E-state index in [2.05, 4.69) is 0 Å². The van der Waals surface area contributed by atoms with Crippen molar-refractivity contribution in [2.75, 3.05) is 13.2 Å². The zero-order chi connectivity index (χ0) is 17.6. The first-order valence-electron chi connectivity index (χ1n) is 7.76. The van der Waals surface area contributed by atoms with Gasteiger partial charge in [-0.15, -0.1) is 0 Å². The van der Waals surface area contributed by atoms with Gasteiger partial charge in [-0.25, -0.2) is 0 Å². The van der Waals surface area contributed by atoms with Crippen LogP contribution in [0.2, 0.25) is 0 Å². The minimum atomic E-state index is -3.66. The predicted octanol–water partition coefficient (Wildman–Crippen LogP) is 4.81. The largest absolute Gasteiger partial charge is 0.340 e. The van der Waals surface area contributed by atoms with E-state index in [1.54, 1.807) is 19.9 Å². The first-order valence-corrected chi connectivity index (χ1v) is 9.37. The van der Waals surface area contributed by atoms with Crippen LogP contribution in [0.4, 0.5) is 0 Å². The van der Waals surface area contributed by atoms with Gasteiger partial charge in [0.1, 0.15) is 5.66 Å². The highest BCUT2D eigenvalue weighted by Gasteiger charge is 2.43. The molecule has 2 aromatic carbocycles. The molecule has 0 bridgehead atoms. The van der Waals surface area contributed by atoms with Crippen molar-refractivity contribution in [2.24, 2.45) is 5.92 Å². The van der Waals surface area contributed by atoms with E-state index in [1.807, 2.05) is 48.5 Å². The molecule has 5 nitrogen and oxygen atoms in total. The van der Waals surface area contributed by atoms with Gasteiger partial charge >= 0.3 is 7.60 Å². The molecule has 0 aliphatic carbocycles. The topological polar surface area (TPSA) is 83.1 Å². The summed E-state index contributed by atoms with van der Waals surface area (Å²) in [7, 11) is -3.66. The highest BCUT2D eigenvalue weighted by atomic mass is 31.2.